The number of rotatable bonds is 6. The summed E-state index contributed by atoms with van der Waals surface area (Å²) in [7, 11) is 0. The molecule has 0 saturated heterocycles. The van der Waals surface area contributed by atoms with Crippen LogP contribution in [0.15, 0.2) is 67.3 Å². The Bertz CT molecular complexity index is 1040. The van der Waals surface area contributed by atoms with Crippen LogP contribution in [0.5, 0.6) is 0 Å². The zero-order chi connectivity index (χ0) is 20.4. The molecule has 0 aliphatic carbocycles. The number of carbonyl (C=O) groups is 2. The van der Waals surface area contributed by atoms with Crippen molar-refractivity contribution >= 4 is 11.9 Å². The van der Waals surface area contributed by atoms with Gasteiger partial charge in [0.15, 0.2) is 0 Å². The highest BCUT2D eigenvalue weighted by Crippen LogP contribution is 2.43. The van der Waals surface area contributed by atoms with Crippen molar-refractivity contribution in [3.8, 4) is 0 Å². The summed E-state index contributed by atoms with van der Waals surface area (Å²) < 4.78 is 15.8. The Hall–Kier alpha value is -3.48. The number of carbonyl (C=O) groups excluding carboxylic acids is 1. The lowest BCUT2D eigenvalue weighted by Crippen LogP contribution is -2.45. The minimum absolute atomic E-state index is 0.238. The molecule has 2 unspecified atom stereocenters. The lowest BCUT2D eigenvalue weighted by Gasteiger charge is -2.41. The zero-order valence-corrected chi connectivity index (χ0v) is 15.6. The Morgan fingerprint density at radius 3 is 2.69 bits per heavy atom. The smallest absolute Gasteiger partial charge is 0.313 e. The number of hydrogen-bond acceptors (Lipinski definition) is 3. The third-order valence-corrected chi connectivity index (χ3v) is 5.27. The van der Waals surface area contributed by atoms with Crippen LogP contribution < -0.4 is 0 Å². The van der Waals surface area contributed by atoms with E-state index in [0.29, 0.717) is 36.2 Å². The molecule has 1 aliphatic rings. The molecule has 148 valence electrons. The van der Waals surface area contributed by atoms with Crippen LogP contribution in [0.1, 0.15) is 39.9 Å². The molecule has 2 heterocycles. The fraction of sp³-hybridized carbons (Fsp3) is 0.227. The highest BCUT2D eigenvalue weighted by Gasteiger charge is 2.44. The maximum Gasteiger partial charge on any atom is 0.313 e. The van der Waals surface area contributed by atoms with Crippen LogP contribution in [0.3, 0.4) is 0 Å². The quantitative estimate of drug-likeness (QED) is 0.696. The van der Waals surface area contributed by atoms with Crippen LogP contribution in [0, 0.1) is 5.82 Å². The molecule has 1 aliphatic heterocycles. The second kappa shape index (κ2) is 7.87. The van der Waals surface area contributed by atoms with Gasteiger partial charge in [0.25, 0.3) is 5.91 Å². The Labute approximate surface area is 167 Å². The number of imidazole rings is 1. The minimum atomic E-state index is -1.04. The Morgan fingerprint density at radius 1 is 1.14 bits per heavy atom. The van der Waals surface area contributed by atoms with Crippen molar-refractivity contribution in [2.75, 3.05) is 6.54 Å². The predicted molar refractivity (Wildman–Crippen MR) is 104 cm³/mol. The van der Waals surface area contributed by atoms with Crippen LogP contribution in [0.4, 0.5) is 4.39 Å². The monoisotopic (exact) mass is 393 g/mol. The third-order valence-electron chi connectivity index (χ3n) is 5.27. The first-order chi connectivity index (χ1) is 14.1. The number of hydrogen-bond donors (Lipinski definition) is 1. The van der Waals surface area contributed by atoms with Crippen molar-refractivity contribution in [1.29, 1.82) is 0 Å². The topological polar surface area (TPSA) is 75.4 Å². The van der Waals surface area contributed by atoms with E-state index in [0.717, 1.165) is 0 Å². The lowest BCUT2D eigenvalue weighted by molar-refractivity contribution is -0.140. The fourth-order valence-corrected chi connectivity index (χ4v) is 4.01. The van der Waals surface area contributed by atoms with E-state index < -0.39 is 23.7 Å². The number of amides is 1. The molecule has 0 spiro atoms. The summed E-state index contributed by atoms with van der Waals surface area (Å²) in [5.74, 6) is -2.72. The molecule has 4 rings (SSSR count). The molecule has 1 amide bonds. The van der Waals surface area contributed by atoms with Crippen LogP contribution >= 0.6 is 0 Å². The molecule has 0 saturated carbocycles. The summed E-state index contributed by atoms with van der Waals surface area (Å²) in [6.45, 7) is 0.981. The second-order valence-corrected chi connectivity index (χ2v) is 7.06. The number of aromatic nitrogens is 2. The van der Waals surface area contributed by atoms with Gasteiger partial charge >= 0.3 is 5.97 Å². The maximum atomic E-state index is 13.9. The average molecular weight is 393 g/mol. The van der Waals surface area contributed by atoms with Crippen molar-refractivity contribution in [3.05, 3.63) is 89.8 Å². The van der Waals surface area contributed by atoms with Gasteiger partial charge in [-0.05, 0) is 35.7 Å². The highest BCUT2D eigenvalue weighted by atomic mass is 19.1. The van der Waals surface area contributed by atoms with Crippen molar-refractivity contribution < 1.29 is 19.1 Å². The van der Waals surface area contributed by atoms with Gasteiger partial charge in [-0.1, -0.05) is 30.3 Å². The Kier molecular flexibility index (Phi) is 5.12. The van der Waals surface area contributed by atoms with E-state index in [1.807, 2.05) is 10.8 Å². The molecular weight excluding hydrogens is 373 g/mol. The molecule has 3 aromatic rings. The Balaban J connectivity index is 1.74. The summed E-state index contributed by atoms with van der Waals surface area (Å²) >= 11 is 0. The van der Waals surface area contributed by atoms with Crippen molar-refractivity contribution in [2.45, 2.75) is 24.9 Å². The molecule has 0 radical (unpaired) electrons. The van der Waals surface area contributed by atoms with Gasteiger partial charge in [-0.3, -0.25) is 9.59 Å². The summed E-state index contributed by atoms with van der Waals surface area (Å²) in [4.78, 5) is 31.1. The number of fused-ring (bicyclic) bond motifs is 1. The fourth-order valence-electron chi connectivity index (χ4n) is 4.01. The first kappa shape index (κ1) is 18.9. The first-order valence-electron chi connectivity index (χ1n) is 9.40. The number of halogens is 1. The number of benzene rings is 2. The van der Waals surface area contributed by atoms with Crippen LogP contribution in [0.25, 0.3) is 0 Å². The van der Waals surface area contributed by atoms with Crippen molar-refractivity contribution in [3.63, 3.8) is 0 Å². The predicted octanol–water partition coefficient (Wildman–Crippen LogP) is 3.48. The number of carboxylic acids is 1. The van der Waals surface area contributed by atoms with Crippen LogP contribution in [0.2, 0.25) is 0 Å². The standard InChI is InChI=1S/C22H20FN3O3/c23-16-6-3-5-15(13-16)20-19(22(28)29)17-7-1-2-8-18(17)21(27)26(20)11-4-10-25-12-9-24-14-25/h1-3,5-9,12-14,19-20H,4,10-11H2,(H,28,29). The number of nitrogens with zero attached hydrogens (tertiary/aromatic N) is 3. The van der Waals surface area contributed by atoms with E-state index in [2.05, 4.69) is 4.98 Å². The molecule has 2 aromatic carbocycles. The molecular formula is C22H20FN3O3. The summed E-state index contributed by atoms with van der Waals surface area (Å²) in [5.41, 5.74) is 1.32. The van der Waals surface area contributed by atoms with E-state index in [9.17, 15) is 19.1 Å². The van der Waals surface area contributed by atoms with E-state index in [-0.39, 0.29) is 5.91 Å². The van der Waals surface area contributed by atoms with Crippen LogP contribution in [-0.4, -0.2) is 38.0 Å². The molecule has 7 heteroatoms. The summed E-state index contributed by atoms with van der Waals surface area (Å²) in [6.07, 6.45) is 5.82. The third kappa shape index (κ3) is 3.63. The van der Waals surface area contributed by atoms with Gasteiger partial charge in [0.1, 0.15) is 11.7 Å². The molecule has 29 heavy (non-hydrogen) atoms. The molecule has 1 aromatic heterocycles. The van der Waals surface area contributed by atoms with Crippen molar-refractivity contribution in [2.24, 2.45) is 0 Å². The number of aryl methyl sites for hydroxylation is 1. The van der Waals surface area contributed by atoms with Crippen molar-refractivity contribution in [1.82, 2.24) is 14.5 Å². The lowest BCUT2D eigenvalue weighted by atomic mass is 9.79. The first-order valence-corrected chi connectivity index (χ1v) is 9.40. The molecule has 6 nitrogen and oxygen atoms in total. The number of aliphatic carboxylic acids is 1. The molecule has 0 fully saturated rings. The molecule has 0 bridgehead atoms. The summed E-state index contributed by atoms with van der Waals surface area (Å²) in [5, 5.41) is 10.0. The molecule has 2 atom stereocenters. The highest BCUT2D eigenvalue weighted by molar-refractivity contribution is 6.00. The minimum Gasteiger partial charge on any atom is -0.481 e. The number of carboxylic acid groups (broad SMARTS) is 1. The van der Waals surface area contributed by atoms with Gasteiger partial charge < -0.3 is 14.6 Å². The van der Waals surface area contributed by atoms with Gasteiger partial charge in [0.2, 0.25) is 0 Å². The van der Waals surface area contributed by atoms with E-state index in [1.54, 1.807) is 47.8 Å². The average Bonchev–Trinajstić information content (AvgIpc) is 3.22. The van der Waals surface area contributed by atoms with Gasteiger partial charge in [0.05, 0.1) is 12.4 Å². The van der Waals surface area contributed by atoms with E-state index in [4.69, 9.17) is 0 Å². The van der Waals surface area contributed by atoms with E-state index >= 15 is 0 Å². The van der Waals surface area contributed by atoms with Crippen LogP contribution in [-0.2, 0) is 11.3 Å². The van der Waals surface area contributed by atoms with Gasteiger partial charge in [0, 0.05) is 31.0 Å². The van der Waals surface area contributed by atoms with E-state index in [1.165, 1.54) is 18.2 Å². The SMILES string of the molecule is O=C(O)C1c2ccccc2C(=O)N(CCCn2ccnc2)C1c1cccc(F)c1. The summed E-state index contributed by atoms with van der Waals surface area (Å²) in [6, 6.07) is 11.8. The Morgan fingerprint density at radius 2 is 1.97 bits per heavy atom. The normalized spacial score (nSPS) is 18.5. The second-order valence-electron chi connectivity index (χ2n) is 7.06. The van der Waals surface area contributed by atoms with Gasteiger partial charge in [-0.25, -0.2) is 9.37 Å². The maximum absolute atomic E-state index is 13.9. The zero-order valence-electron chi connectivity index (χ0n) is 15.6. The largest absolute Gasteiger partial charge is 0.481 e. The van der Waals surface area contributed by atoms with Gasteiger partial charge in [-0.15, -0.1) is 0 Å². The molecule has 1 N–H and O–H groups in total. The van der Waals surface area contributed by atoms with Gasteiger partial charge in [-0.2, -0.15) is 0 Å².